The van der Waals surface area contributed by atoms with Gasteiger partial charge in [-0.2, -0.15) is 5.10 Å². The predicted octanol–water partition coefficient (Wildman–Crippen LogP) is 1.21. The second-order valence-electron chi connectivity index (χ2n) is 3.19. The van der Waals surface area contributed by atoms with Gasteiger partial charge in [0, 0.05) is 20.3 Å². The predicted molar refractivity (Wildman–Crippen MR) is 62.2 cm³/mol. The summed E-state index contributed by atoms with van der Waals surface area (Å²) < 4.78 is 7.94. The van der Waals surface area contributed by atoms with Crippen molar-refractivity contribution in [2.24, 2.45) is 5.84 Å². The van der Waals surface area contributed by atoms with Crippen LogP contribution < -0.4 is 11.3 Å². The van der Waals surface area contributed by atoms with Crippen LogP contribution in [0, 0.1) is 0 Å². The Morgan fingerprint density at radius 1 is 1.73 bits per heavy atom. The Balaban J connectivity index is 2.84. The van der Waals surface area contributed by atoms with Crippen LogP contribution in [0.2, 0.25) is 0 Å². The molecular weight excluding hydrogens is 260 g/mol. The summed E-state index contributed by atoms with van der Waals surface area (Å²) in [6, 6.07) is 0.0572. The molecular formula is C9H17BrN4O. The van der Waals surface area contributed by atoms with Crippen molar-refractivity contribution in [3.05, 3.63) is 16.4 Å². The number of nitrogens with two attached hydrogens (primary N) is 1. The number of ether oxygens (including phenoxy) is 1. The summed E-state index contributed by atoms with van der Waals surface area (Å²) in [6.45, 7) is 3.54. The van der Waals surface area contributed by atoms with Gasteiger partial charge >= 0.3 is 0 Å². The number of methoxy groups -OCH3 is 1. The fourth-order valence-electron chi connectivity index (χ4n) is 1.51. The van der Waals surface area contributed by atoms with Gasteiger partial charge in [0.15, 0.2) is 0 Å². The maximum absolute atomic E-state index is 5.53. The van der Waals surface area contributed by atoms with Crippen LogP contribution in [0.25, 0.3) is 0 Å². The molecule has 15 heavy (non-hydrogen) atoms. The summed E-state index contributed by atoms with van der Waals surface area (Å²) in [5.41, 5.74) is 3.85. The Hall–Kier alpha value is -0.430. The minimum atomic E-state index is 0.0572. The molecule has 0 aromatic carbocycles. The average molecular weight is 277 g/mol. The van der Waals surface area contributed by atoms with Crippen molar-refractivity contribution in [3.63, 3.8) is 0 Å². The molecule has 1 rings (SSSR count). The van der Waals surface area contributed by atoms with E-state index in [1.165, 1.54) is 0 Å². The number of hydrogen-bond donors (Lipinski definition) is 2. The van der Waals surface area contributed by atoms with Gasteiger partial charge in [0.2, 0.25) is 0 Å². The number of aromatic nitrogens is 2. The summed E-state index contributed by atoms with van der Waals surface area (Å²) in [5.74, 6) is 5.53. The quantitative estimate of drug-likeness (QED) is 0.606. The molecule has 0 saturated heterocycles. The summed E-state index contributed by atoms with van der Waals surface area (Å²) in [4.78, 5) is 0. The monoisotopic (exact) mass is 276 g/mol. The first-order chi connectivity index (χ1) is 7.24. The van der Waals surface area contributed by atoms with Crippen molar-refractivity contribution in [1.29, 1.82) is 0 Å². The second-order valence-corrected chi connectivity index (χ2v) is 4.05. The number of aryl methyl sites for hydroxylation is 1. The Kier molecular flexibility index (Phi) is 5.24. The topological polar surface area (TPSA) is 65.1 Å². The third-order valence-corrected chi connectivity index (χ3v) is 2.89. The van der Waals surface area contributed by atoms with Crippen LogP contribution in [0.4, 0.5) is 0 Å². The van der Waals surface area contributed by atoms with Crippen molar-refractivity contribution in [2.45, 2.75) is 25.9 Å². The van der Waals surface area contributed by atoms with E-state index in [0.29, 0.717) is 6.61 Å². The fourth-order valence-corrected chi connectivity index (χ4v) is 2.08. The van der Waals surface area contributed by atoms with E-state index >= 15 is 0 Å². The Morgan fingerprint density at radius 3 is 3.00 bits per heavy atom. The zero-order valence-electron chi connectivity index (χ0n) is 9.03. The third-order valence-electron chi connectivity index (χ3n) is 2.27. The highest BCUT2D eigenvalue weighted by atomic mass is 79.9. The molecule has 1 aromatic rings. The zero-order chi connectivity index (χ0) is 11.3. The Bertz CT molecular complexity index is 302. The van der Waals surface area contributed by atoms with Crippen LogP contribution in [0.1, 0.15) is 25.1 Å². The van der Waals surface area contributed by atoms with E-state index in [1.807, 2.05) is 11.6 Å². The Morgan fingerprint density at radius 2 is 2.47 bits per heavy atom. The highest BCUT2D eigenvalue weighted by molar-refractivity contribution is 9.10. The Labute approximate surface area is 98.1 Å². The van der Waals surface area contributed by atoms with Gasteiger partial charge in [-0.15, -0.1) is 0 Å². The van der Waals surface area contributed by atoms with Crippen molar-refractivity contribution >= 4 is 15.9 Å². The second kappa shape index (κ2) is 6.22. The zero-order valence-corrected chi connectivity index (χ0v) is 10.6. The third kappa shape index (κ3) is 3.01. The molecule has 0 aliphatic rings. The lowest BCUT2D eigenvalue weighted by Gasteiger charge is -2.17. The number of hydrazine groups is 1. The molecule has 6 heteroatoms. The standard InChI is InChI=1S/C9H17BrN4O/c1-3-14-9(7(10)6-12-14)8(13-11)4-5-15-2/h6,8,13H,3-5,11H2,1-2H3. The van der Waals surface area contributed by atoms with Crippen molar-refractivity contribution < 1.29 is 4.74 Å². The van der Waals surface area contributed by atoms with Crippen molar-refractivity contribution in [1.82, 2.24) is 15.2 Å². The maximum atomic E-state index is 5.53. The lowest BCUT2D eigenvalue weighted by Crippen LogP contribution is -2.31. The summed E-state index contributed by atoms with van der Waals surface area (Å²) in [7, 11) is 1.68. The van der Waals surface area contributed by atoms with E-state index in [-0.39, 0.29) is 6.04 Å². The molecule has 3 N–H and O–H groups in total. The van der Waals surface area contributed by atoms with E-state index in [4.69, 9.17) is 10.6 Å². The summed E-state index contributed by atoms with van der Waals surface area (Å²) >= 11 is 3.47. The number of rotatable bonds is 6. The average Bonchev–Trinajstić information content (AvgIpc) is 2.62. The SMILES string of the molecule is CCn1ncc(Br)c1C(CCOC)NN. The molecule has 0 fully saturated rings. The minimum absolute atomic E-state index is 0.0572. The molecule has 0 saturated carbocycles. The molecule has 5 nitrogen and oxygen atoms in total. The van der Waals surface area contributed by atoms with E-state index in [2.05, 4.69) is 26.5 Å². The van der Waals surface area contributed by atoms with Crippen LogP contribution in [-0.4, -0.2) is 23.5 Å². The van der Waals surface area contributed by atoms with E-state index < -0.39 is 0 Å². The number of hydrogen-bond acceptors (Lipinski definition) is 4. The van der Waals surface area contributed by atoms with Crippen molar-refractivity contribution in [2.75, 3.05) is 13.7 Å². The van der Waals surface area contributed by atoms with Gasteiger partial charge in [-0.1, -0.05) is 0 Å². The van der Waals surface area contributed by atoms with Crippen LogP contribution >= 0.6 is 15.9 Å². The van der Waals surface area contributed by atoms with Gasteiger partial charge in [-0.05, 0) is 29.3 Å². The van der Waals surface area contributed by atoms with Gasteiger partial charge < -0.3 is 4.74 Å². The molecule has 0 aliphatic heterocycles. The van der Waals surface area contributed by atoms with E-state index in [0.717, 1.165) is 23.1 Å². The van der Waals surface area contributed by atoms with Crippen LogP contribution in [0.3, 0.4) is 0 Å². The molecule has 1 atom stereocenters. The summed E-state index contributed by atoms with van der Waals surface area (Å²) in [5, 5.41) is 4.24. The van der Waals surface area contributed by atoms with Gasteiger partial charge in [0.05, 0.1) is 22.4 Å². The molecule has 0 amide bonds. The molecule has 0 bridgehead atoms. The maximum Gasteiger partial charge on any atom is 0.0709 e. The van der Waals surface area contributed by atoms with Crippen LogP contribution in [0.5, 0.6) is 0 Å². The fraction of sp³-hybridized carbons (Fsp3) is 0.667. The highest BCUT2D eigenvalue weighted by Gasteiger charge is 2.17. The molecule has 0 radical (unpaired) electrons. The molecule has 1 unspecified atom stereocenters. The normalized spacial score (nSPS) is 13.1. The van der Waals surface area contributed by atoms with Gasteiger partial charge in [0.25, 0.3) is 0 Å². The molecule has 1 heterocycles. The van der Waals surface area contributed by atoms with Gasteiger partial charge in [-0.25, -0.2) is 0 Å². The van der Waals surface area contributed by atoms with E-state index in [1.54, 1.807) is 13.3 Å². The first-order valence-electron chi connectivity index (χ1n) is 4.90. The lowest BCUT2D eigenvalue weighted by atomic mass is 10.1. The first-order valence-corrected chi connectivity index (χ1v) is 5.70. The van der Waals surface area contributed by atoms with Crippen LogP contribution in [-0.2, 0) is 11.3 Å². The van der Waals surface area contributed by atoms with E-state index in [9.17, 15) is 0 Å². The summed E-state index contributed by atoms with van der Waals surface area (Å²) in [6.07, 6.45) is 2.60. The molecule has 86 valence electrons. The number of halogens is 1. The minimum Gasteiger partial charge on any atom is -0.385 e. The number of nitrogens with zero attached hydrogens (tertiary/aromatic N) is 2. The van der Waals surface area contributed by atoms with Crippen molar-refractivity contribution in [3.8, 4) is 0 Å². The van der Waals surface area contributed by atoms with Gasteiger partial charge in [0.1, 0.15) is 0 Å². The molecule has 0 aliphatic carbocycles. The number of nitrogens with one attached hydrogen (secondary N) is 1. The van der Waals surface area contributed by atoms with Crippen LogP contribution in [0.15, 0.2) is 10.7 Å². The largest absolute Gasteiger partial charge is 0.385 e. The highest BCUT2D eigenvalue weighted by Crippen LogP contribution is 2.24. The molecule has 0 spiro atoms. The molecule has 1 aromatic heterocycles. The van der Waals surface area contributed by atoms with Gasteiger partial charge in [-0.3, -0.25) is 16.0 Å². The smallest absolute Gasteiger partial charge is 0.0709 e. The lowest BCUT2D eigenvalue weighted by molar-refractivity contribution is 0.181. The first kappa shape index (κ1) is 12.6.